The van der Waals surface area contributed by atoms with E-state index in [1.807, 2.05) is 13.0 Å². The summed E-state index contributed by atoms with van der Waals surface area (Å²) in [6, 6.07) is 11.6. The van der Waals surface area contributed by atoms with E-state index in [4.69, 9.17) is 0 Å². The van der Waals surface area contributed by atoms with E-state index in [0.29, 0.717) is 29.9 Å². The molecule has 0 radical (unpaired) electrons. The minimum absolute atomic E-state index is 0.147. The summed E-state index contributed by atoms with van der Waals surface area (Å²) < 4.78 is 53.6. The SMILES string of the molecule is Cc1cccc(S(=O)(=O)Nc2ccc(N3CCCCS3(=O)=O)cc2)c1C. The highest BCUT2D eigenvalue weighted by molar-refractivity contribution is 7.93. The molecule has 0 atom stereocenters. The molecule has 1 aliphatic heterocycles. The molecule has 0 spiro atoms. The number of benzene rings is 2. The molecule has 0 aromatic heterocycles. The predicted molar refractivity (Wildman–Crippen MR) is 104 cm³/mol. The van der Waals surface area contributed by atoms with Crippen LogP contribution in [0.15, 0.2) is 47.4 Å². The molecule has 1 heterocycles. The molecule has 0 bridgehead atoms. The molecule has 8 heteroatoms. The number of hydrogen-bond donors (Lipinski definition) is 1. The molecule has 0 saturated carbocycles. The number of nitrogens with zero attached hydrogens (tertiary/aromatic N) is 1. The average Bonchev–Trinajstić information content (AvgIpc) is 2.57. The molecule has 1 aliphatic rings. The van der Waals surface area contributed by atoms with Gasteiger partial charge in [-0.25, -0.2) is 16.8 Å². The van der Waals surface area contributed by atoms with Crippen molar-refractivity contribution in [1.82, 2.24) is 0 Å². The summed E-state index contributed by atoms with van der Waals surface area (Å²) in [7, 11) is -6.99. The first-order valence-electron chi connectivity index (χ1n) is 8.40. The van der Waals surface area contributed by atoms with Gasteiger partial charge >= 0.3 is 0 Å². The van der Waals surface area contributed by atoms with Gasteiger partial charge in [0.1, 0.15) is 0 Å². The number of aryl methyl sites for hydroxylation is 1. The Kier molecular flexibility index (Phi) is 4.98. The van der Waals surface area contributed by atoms with Gasteiger partial charge in [0, 0.05) is 12.2 Å². The second kappa shape index (κ2) is 6.92. The molecule has 1 saturated heterocycles. The third-order valence-electron chi connectivity index (χ3n) is 4.60. The Morgan fingerprint density at radius 1 is 1.00 bits per heavy atom. The van der Waals surface area contributed by atoms with E-state index in [0.717, 1.165) is 12.0 Å². The van der Waals surface area contributed by atoms with Crippen LogP contribution >= 0.6 is 0 Å². The fourth-order valence-corrected chi connectivity index (χ4v) is 6.02. The van der Waals surface area contributed by atoms with Crippen LogP contribution < -0.4 is 9.03 Å². The van der Waals surface area contributed by atoms with Crippen molar-refractivity contribution in [1.29, 1.82) is 0 Å². The fraction of sp³-hybridized carbons (Fsp3) is 0.333. The van der Waals surface area contributed by atoms with E-state index < -0.39 is 20.0 Å². The van der Waals surface area contributed by atoms with Gasteiger partial charge in [-0.15, -0.1) is 0 Å². The summed E-state index contributed by atoms with van der Waals surface area (Å²) in [6.07, 6.45) is 1.49. The first-order chi connectivity index (χ1) is 12.2. The largest absolute Gasteiger partial charge is 0.280 e. The molecule has 1 fully saturated rings. The highest BCUT2D eigenvalue weighted by atomic mass is 32.2. The molecular weight excluding hydrogens is 372 g/mol. The number of hydrogen-bond acceptors (Lipinski definition) is 4. The molecule has 26 heavy (non-hydrogen) atoms. The maximum atomic E-state index is 12.6. The normalized spacial score (nSPS) is 17.1. The second-order valence-electron chi connectivity index (χ2n) is 6.45. The zero-order valence-electron chi connectivity index (χ0n) is 14.8. The summed E-state index contributed by atoms with van der Waals surface area (Å²) in [5.41, 5.74) is 2.55. The standard InChI is InChI=1S/C18H22N2O4S2/c1-14-6-5-7-18(15(14)2)26(23,24)19-16-8-10-17(11-9-16)20-12-3-4-13-25(20,21)22/h5-11,19H,3-4,12-13H2,1-2H3. The van der Waals surface area contributed by atoms with E-state index in [-0.39, 0.29) is 10.6 Å². The molecule has 1 N–H and O–H groups in total. The molecule has 140 valence electrons. The lowest BCUT2D eigenvalue weighted by Gasteiger charge is -2.28. The maximum absolute atomic E-state index is 12.6. The van der Waals surface area contributed by atoms with E-state index in [1.54, 1.807) is 43.3 Å². The summed E-state index contributed by atoms with van der Waals surface area (Å²) in [5.74, 6) is 0.147. The Hall–Kier alpha value is -2.06. The van der Waals surface area contributed by atoms with E-state index in [1.165, 1.54) is 4.31 Å². The van der Waals surface area contributed by atoms with Crippen LogP contribution in [0.2, 0.25) is 0 Å². The first kappa shape index (κ1) is 18.7. The van der Waals surface area contributed by atoms with Gasteiger partial charge < -0.3 is 0 Å². The highest BCUT2D eigenvalue weighted by Gasteiger charge is 2.26. The third kappa shape index (κ3) is 3.71. The molecule has 3 rings (SSSR count). The lowest BCUT2D eigenvalue weighted by molar-refractivity contribution is 0.574. The van der Waals surface area contributed by atoms with E-state index in [2.05, 4.69) is 4.72 Å². The van der Waals surface area contributed by atoms with Gasteiger partial charge in [-0.1, -0.05) is 12.1 Å². The Morgan fingerprint density at radius 3 is 2.35 bits per heavy atom. The van der Waals surface area contributed by atoms with Crippen LogP contribution in [0.3, 0.4) is 0 Å². The smallest absolute Gasteiger partial charge is 0.262 e. The molecule has 0 amide bonds. The topological polar surface area (TPSA) is 83.6 Å². The highest BCUT2D eigenvalue weighted by Crippen LogP contribution is 2.26. The molecular formula is C18H22N2O4S2. The number of sulfonamides is 2. The quantitative estimate of drug-likeness (QED) is 0.864. The van der Waals surface area contributed by atoms with Crippen molar-refractivity contribution in [2.45, 2.75) is 31.6 Å². The van der Waals surface area contributed by atoms with Crippen molar-refractivity contribution in [3.63, 3.8) is 0 Å². The van der Waals surface area contributed by atoms with Gasteiger partial charge in [0.05, 0.1) is 16.3 Å². The fourth-order valence-electron chi connectivity index (χ4n) is 3.00. The second-order valence-corrected chi connectivity index (χ2v) is 10.1. The van der Waals surface area contributed by atoms with Crippen molar-refractivity contribution in [3.8, 4) is 0 Å². The summed E-state index contributed by atoms with van der Waals surface area (Å²) >= 11 is 0. The monoisotopic (exact) mass is 394 g/mol. The number of anilines is 2. The lowest BCUT2D eigenvalue weighted by Crippen LogP contribution is -2.37. The van der Waals surface area contributed by atoms with Gasteiger partial charge in [0.2, 0.25) is 10.0 Å². The molecule has 6 nitrogen and oxygen atoms in total. The van der Waals surface area contributed by atoms with Gasteiger partial charge in [0.25, 0.3) is 10.0 Å². The lowest BCUT2D eigenvalue weighted by atomic mass is 10.1. The van der Waals surface area contributed by atoms with Crippen LogP contribution in [0, 0.1) is 13.8 Å². The van der Waals surface area contributed by atoms with Crippen LogP contribution in [0.1, 0.15) is 24.0 Å². The van der Waals surface area contributed by atoms with Gasteiger partial charge in [-0.05, 0) is 68.1 Å². The van der Waals surface area contributed by atoms with Crippen LogP contribution in [0.25, 0.3) is 0 Å². The van der Waals surface area contributed by atoms with Gasteiger partial charge in [-0.2, -0.15) is 0 Å². The summed E-state index contributed by atoms with van der Waals surface area (Å²) in [5, 5.41) is 0. The molecule has 2 aromatic rings. The van der Waals surface area contributed by atoms with Crippen molar-refractivity contribution >= 4 is 31.4 Å². The van der Waals surface area contributed by atoms with Gasteiger partial charge in [0.15, 0.2) is 0 Å². The zero-order chi connectivity index (χ0) is 18.9. The number of rotatable bonds is 4. The molecule has 2 aromatic carbocycles. The minimum Gasteiger partial charge on any atom is -0.280 e. The van der Waals surface area contributed by atoms with Crippen LogP contribution in [0.5, 0.6) is 0 Å². The zero-order valence-corrected chi connectivity index (χ0v) is 16.4. The Labute approximate surface area is 155 Å². The van der Waals surface area contributed by atoms with E-state index >= 15 is 0 Å². The Balaban J connectivity index is 1.84. The van der Waals surface area contributed by atoms with Crippen molar-refractivity contribution in [3.05, 3.63) is 53.6 Å². The van der Waals surface area contributed by atoms with Crippen molar-refractivity contribution in [2.75, 3.05) is 21.3 Å². The summed E-state index contributed by atoms with van der Waals surface area (Å²) in [6.45, 7) is 4.09. The van der Waals surface area contributed by atoms with E-state index in [9.17, 15) is 16.8 Å². The van der Waals surface area contributed by atoms with Crippen molar-refractivity contribution in [2.24, 2.45) is 0 Å². The van der Waals surface area contributed by atoms with Crippen LogP contribution in [-0.4, -0.2) is 29.1 Å². The molecule has 0 aliphatic carbocycles. The van der Waals surface area contributed by atoms with Crippen LogP contribution in [-0.2, 0) is 20.0 Å². The first-order valence-corrected chi connectivity index (χ1v) is 11.5. The third-order valence-corrected chi connectivity index (χ3v) is 8.00. The van der Waals surface area contributed by atoms with Crippen molar-refractivity contribution < 1.29 is 16.8 Å². The average molecular weight is 395 g/mol. The predicted octanol–water partition coefficient (Wildman–Crippen LogP) is 3.03. The molecule has 0 unspecified atom stereocenters. The Bertz CT molecular complexity index is 1010. The Morgan fingerprint density at radius 2 is 1.69 bits per heavy atom. The van der Waals surface area contributed by atoms with Gasteiger partial charge in [-0.3, -0.25) is 9.03 Å². The number of nitrogens with one attached hydrogen (secondary N) is 1. The summed E-state index contributed by atoms with van der Waals surface area (Å²) in [4.78, 5) is 0.236. The van der Waals surface area contributed by atoms with Crippen LogP contribution in [0.4, 0.5) is 11.4 Å². The minimum atomic E-state index is -3.71. The maximum Gasteiger partial charge on any atom is 0.262 e.